The fraction of sp³-hybridized carbons (Fsp3) is 0.286. The number of aliphatic hydroxyl groups is 1. The van der Waals surface area contributed by atoms with E-state index in [9.17, 15) is 9.90 Å². The Labute approximate surface area is 251 Å². The van der Waals surface area contributed by atoms with Crippen LogP contribution in [0.4, 0.5) is 5.69 Å². The zero-order valence-corrected chi connectivity index (χ0v) is 25.8. The van der Waals surface area contributed by atoms with Gasteiger partial charge in [0, 0.05) is 42.2 Å². The number of thiazole rings is 1. The molecule has 0 amide bonds. The fourth-order valence-electron chi connectivity index (χ4n) is 5.18. The number of carboxylic acid groups (broad SMARTS) is 1. The molecule has 216 valence electrons. The summed E-state index contributed by atoms with van der Waals surface area (Å²) in [6.45, 7) is 10.3. The molecule has 6 rings (SSSR count). The summed E-state index contributed by atoms with van der Waals surface area (Å²) in [4.78, 5) is 23.7. The summed E-state index contributed by atoms with van der Waals surface area (Å²) in [6, 6.07) is 21.0. The maximum Gasteiger partial charge on any atom is 0.307 e. The predicted octanol–water partition coefficient (Wildman–Crippen LogP) is 7.71. The Balaban J connectivity index is 0.000000652. The number of rotatable bonds is 5. The summed E-state index contributed by atoms with van der Waals surface area (Å²) in [5.41, 5.74) is 11.0. The lowest BCUT2D eigenvalue weighted by Crippen LogP contribution is -2.12. The number of aliphatic carboxylic acids is 1. The number of fused-ring (bicyclic) bond motifs is 2. The maximum absolute atomic E-state index is 11.8. The smallest absolute Gasteiger partial charge is 0.307 e. The second-order valence-corrected chi connectivity index (χ2v) is 13.0. The largest absolute Gasteiger partial charge is 0.481 e. The fourth-order valence-corrected chi connectivity index (χ4v) is 6.32. The number of carboxylic acids is 1. The predicted molar refractivity (Wildman–Crippen MR) is 173 cm³/mol. The van der Waals surface area contributed by atoms with Crippen molar-refractivity contribution in [3.63, 3.8) is 0 Å². The van der Waals surface area contributed by atoms with E-state index in [1.165, 1.54) is 16.8 Å². The van der Waals surface area contributed by atoms with Gasteiger partial charge < -0.3 is 15.1 Å². The highest BCUT2D eigenvalue weighted by Crippen LogP contribution is 2.41. The number of nitrogens with zero attached hydrogens (tertiary/aromatic N) is 3. The van der Waals surface area contributed by atoms with E-state index in [0.717, 1.165) is 67.3 Å². The zero-order valence-electron chi connectivity index (χ0n) is 25.0. The second-order valence-electron chi connectivity index (χ2n) is 12.0. The van der Waals surface area contributed by atoms with E-state index in [4.69, 9.17) is 10.1 Å². The highest BCUT2D eigenvalue weighted by molar-refractivity contribution is 7.22. The Hall–Kier alpha value is -4.07. The van der Waals surface area contributed by atoms with Crippen LogP contribution in [0.3, 0.4) is 0 Å². The van der Waals surface area contributed by atoms with Crippen molar-refractivity contribution in [2.75, 3.05) is 18.5 Å². The van der Waals surface area contributed by atoms with Crippen LogP contribution in [0.1, 0.15) is 43.0 Å². The Kier molecular flexibility index (Phi) is 8.17. The van der Waals surface area contributed by atoms with Crippen LogP contribution in [-0.4, -0.2) is 45.3 Å². The number of carbonyl (C=O) groups is 1. The molecule has 3 heterocycles. The molecular weight excluding hydrogens is 542 g/mol. The van der Waals surface area contributed by atoms with Crippen LogP contribution in [-0.2, 0) is 17.6 Å². The Morgan fingerprint density at radius 2 is 1.67 bits per heavy atom. The van der Waals surface area contributed by atoms with Crippen LogP contribution >= 0.6 is 11.3 Å². The third kappa shape index (κ3) is 6.53. The molecule has 0 bridgehead atoms. The van der Waals surface area contributed by atoms with Crippen molar-refractivity contribution >= 4 is 33.2 Å². The molecule has 0 unspecified atom stereocenters. The summed E-state index contributed by atoms with van der Waals surface area (Å²) in [6.07, 6.45) is 2.90. The molecule has 0 aliphatic carbocycles. The first-order chi connectivity index (χ1) is 19.9. The van der Waals surface area contributed by atoms with Crippen molar-refractivity contribution in [2.45, 2.75) is 53.1 Å². The average Bonchev–Trinajstić information content (AvgIpc) is 3.52. The third-order valence-corrected chi connectivity index (χ3v) is 8.33. The molecule has 0 atom stereocenters. The van der Waals surface area contributed by atoms with Crippen LogP contribution < -0.4 is 4.90 Å². The van der Waals surface area contributed by atoms with Gasteiger partial charge in [0.15, 0.2) is 0 Å². The highest BCUT2D eigenvalue weighted by Gasteiger charge is 2.20. The minimum Gasteiger partial charge on any atom is -0.481 e. The molecule has 7 heteroatoms. The van der Waals surface area contributed by atoms with Gasteiger partial charge in [-0.25, -0.2) is 4.98 Å². The minimum atomic E-state index is -0.834. The van der Waals surface area contributed by atoms with Crippen molar-refractivity contribution in [2.24, 2.45) is 0 Å². The Morgan fingerprint density at radius 3 is 2.36 bits per heavy atom. The molecule has 2 aromatic heterocycles. The molecule has 5 aromatic rings. The van der Waals surface area contributed by atoms with Gasteiger partial charge >= 0.3 is 5.97 Å². The second kappa shape index (κ2) is 11.7. The van der Waals surface area contributed by atoms with Crippen LogP contribution in [0.2, 0.25) is 0 Å². The average molecular weight is 580 g/mol. The van der Waals surface area contributed by atoms with Crippen LogP contribution in [0, 0.1) is 13.8 Å². The van der Waals surface area contributed by atoms with Gasteiger partial charge in [-0.1, -0.05) is 42.0 Å². The van der Waals surface area contributed by atoms with E-state index >= 15 is 0 Å². The van der Waals surface area contributed by atoms with Gasteiger partial charge in [-0.2, -0.15) is 0 Å². The molecule has 0 fully saturated rings. The van der Waals surface area contributed by atoms with E-state index in [2.05, 4.69) is 72.4 Å². The molecule has 3 aromatic carbocycles. The van der Waals surface area contributed by atoms with Gasteiger partial charge in [0.05, 0.1) is 27.9 Å². The lowest BCUT2D eigenvalue weighted by molar-refractivity contribution is -0.136. The summed E-state index contributed by atoms with van der Waals surface area (Å²) >= 11 is 1.61. The highest BCUT2D eigenvalue weighted by atomic mass is 32.1. The van der Waals surface area contributed by atoms with E-state index in [1.807, 2.05) is 25.3 Å². The lowest BCUT2D eigenvalue weighted by atomic mass is 9.93. The van der Waals surface area contributed by atoms with Crippen LogP contribution in [0.25, 0.3) is 43.2 Å². The Morgan fingerprint density at radius 1 is 0.976 bits per heavy atom. The zero-order chi connectivity index (χ0) is 30.2. The normalized spacial score (nSPS) is 12.7. The van der Waals surface area contributed by atoms with Crippen LogP contribution in [0.5, 0.6) is 0 Å². The summed E-state index contributed by atoms with van der Waals surface area (Å²) in [5.74, 6) is -0.834. The number of anilines is 1. The molecular formula is C35H37N3O3S. The molecule has 0 spiro atoms. The van der Waals surface area contributed by atoms with E-state index in [0.29, 0.717) is 0 Å². The molecule has 1 aliphatic rings. The molecule has 0 saturated heterocycles. The van der Waals surface area contributed by atoms with E-state index in [-0.39, 0.29) is 6.42 Å². The first-order valence-electron chi connectivity index (χ1n) is 14.1. The number of aryl methyl sites for hydroxylation is 2. The SMILES string of the molecule is CC(C)(C)O.Cc1ccc(-c2c(CC(=O)O)c(C)cc3nc(-c4ccnc(-c5ccc6c(c5)N(C)CC6)c4)sc23)cc1. The summed E-state index contributed by atoms with van der Waals surface area (Å²) in [7, 11) is 2.13. The van der Waals surface area contributed by atoms with Gasteiger partial charge in [-0.05, 0) is 87.6 Å². The first-order valence-corrected chi connectivity index (χ1v) is 14.9. The molecule has 6 nitrogen and oxygen atoms in total. The quantitative estimate of drug-likeness (QED) is 0.222. The third-order valence-electron chi connectivity index (χ3n) is 7.20. The van der Waals surface area contributed by atoms with Crippen molar-refractivity contribution < 1.29 is 15.0 Å². The Bertz CT molecular complexity index is 1760. The van der Waals surface area contributed by atoms with Crippen molar-refractivity contribution in [1.29, 1.82) is 0 Å². The van der Waals surface area contributed by atoms with Crippen LogP contribution in [0.15, 0.2) is 66.9 Å². The number of benzene rings is 3. The number of aromatic nitrogens is 2. The monoisotopic (exact) mass is 579 g/mol. The standard InChI is InChI=1S/C31H27N3O2S.C4H10O/c1-18-4-6-21(7-5-18)29-24(17-28(35)36)19(2)14-26-30(29)37-31(33-26)23-10-12-32-25(15-23)22-9-8-20-11-13-34(3)27(20)16-22;1-4(2,3)5/h4-10,12,14-16H,11,13,17H2,1-3H3,(H,35,36);5H,1-3H3. The number of pyridine rings is 1. The molecule has 0 radical (unpaired) electrons. The molecule has 1 aliphatic heterocycles. The molecule has 0 saturated carbocycles. The number of hydrogen-bond acceptors (Lipinski definition) is 6. The van der Waals surface area contributed by atoms with E-state index < -0.39 is 11.6 Å². The van der Waals surface area contributed by atoms with E-state index in [1.54, 1.807) is 32.1 Å². The summed E-state index contributed by atoms with van der Waals surface area (Å²) in [5, 5.41) is 19.1. The summed E-state index contributed by atoms with van der Waals surface area (Å²) < 4.78 is 1.01. The maximum atomic E-state index is 11.8. The van der Waals surface area contributed by atoms with Gasteiger partial charge in [-0.3, -0.25) is 9.78 Å². The van der Waals surface area contributed by atoms with Crippen molar-refractivity contribution in [3.05, 3.63) is 89.1 Å². The van der Waals surface area contributed by atoms with Gasteiger partial charge in [-0.15, -0.1) is 11.3 Å². The van der Waals surface area contributed by atoms with Gasteiger partial charge in [0.25, 0.3) is 0 Å². The van der Waals surface area contributed by atoms with Crippen molar-refractivity contribution in [3.8, 4) is 33.0 Å². The van der Waals surface area contributed by atoms with Gasteiger partial charge in [0.1, 0.15) is 5.01 Å². The topological polar surface area (TPSA) is 86.5 Å². The first kappa shape index (κ1) is 29.4. The molecule has 42 heavy (non-hydrogen) atoms. The number of hydrogen-bond donors (Lipinski definition) is 2. The number of likely N-dealkylation sites (N-methyl/N-ethyl adjacent to an activating group) is 1. The minimum absolute atomic E-state index is 0.0234. The molecule has 2 N–H and O–H groups in total. The van der Waals surface area contributed by atoms with Crippen molar-refractivity contribution in [1.82, 2.24) is 9.97 Å². The lowest BCUT2D eigenvalue weighted by Gasteiger charge is -2.13. The van der Waals surface area contributed by atoms with Gasteiger partial charge in [0.2, 0.25) is 0 Å².